The van der Waals surface area contributed by atoms with Gasteiger partial charge in [0.15, 0.2) is 0 Å². The number of carbonyl (C=O) groups excluding carboxylic acids is 1. The average molecular weight is 322 g/mol. The van der Waals surface area contributed by atoms with E-state index in [1.54, 1.807) is 0 Å². The summed E-state index contributed by atoms with van der Waals surface area (Å²) < 4.78 is 11.6. The lowest BCUT2D eigenvalue weighted by Crippen LogP contribution is -2.29. The van der Waals surface area contributed by atoms with Crippen LogP contribution in [-0.4, -0.2) is 12.6 Å². The molecule has 0 saturated heterocycles. The zero-order valence-electron chi connectivity index (χ0n) is 14.6. The minimum absolute atomic E-state index is 0.328. The molecule has 1 heterocycles. The molecule has 0 amide bonds. The number of carbonyl (C=O) groups is 1. The summed E-state index contributed by atoms with van der Waals surface area (Å²) in [6.45, 7) is 8.19. The van der Waals surface area contributed by atoms with E-state index in [1.165, 1.54) is 0 Å². The van der Waals surface area contributed by atoms with Gasteiger partial charge in [0.1, 0.15) is 16.9 Å². The number of rotatable bonds is 3. The van der Waals surface area contributed by atoms with Gasteiger partial charge < -0.3 is 9.47 Å². The van der Waals surface area contributed by atoms with Gasteiger partial charge in [-0.05, 0) is 38.8 Å². The lowest BCUT2D eigenvalue weighted by molar-refractivity contribution is -0.136. The third-order valence-corrected chi connectivity index (χ3v) is 4.30. The summed E-state index contributed by atoms with van der Waals surface area (Å²) in [4.78, 5) is 12.7. The van der Waals surface area contributed by atoms with E-state index in [9.17, 15) is 4.79 Å². The molecular formula is C21H22O3. The van der Waals surface area contributed by atoms with Crippen LogP contribution in [0.1, 0.15) is 43.0 Å². The van der Waals surface area contributed by atoms with Gasteiger partial charge in [0.25, 0.3) is 0 Å². The number of benzene rings is 2. The van der Waals surface area contributed by atoms with Crippen molar-refractivity contribution in [2.24, 2.45) is 0 Å². The van der Waals surface area contributed by atoms with Crippen molar-refractivity contribution in [3.05, 3.63) is 70.8 Å². The van der Waals surface area contributed by atoms with Gasteiger partial charge in [-0.15, -0.1) is 0 Å². The normalized spacial score (nSPS) is 15.5. The fourth-order valence-electron chi connectivity index (χ4n) is 3.13. The smallest absolute Gasteiger partial charge is 0.342 e. The topological polar surface area (TPSA) is 35.5 Å². The van der Waals surface area contributed by atoms with E-state index in [1.807, 2.05) is 76.2 Å². The molecule has 24 heavy (non-hydrogen) atoms. The summed E-state index contributed by atoms with van der Waals surface area (Å²) in [5.74, 6) is 0.244. The zero-order chi connectivity index (χ0) is 17.3. The van der Waals surface area contributed by atoms with E-state index in [-0.39, 0.29) is 5.97 Å². The molecule has 124 valence electrons. The Morgan fingerprint density at radius 1 is 1.04 bits per heavy atom. The van der Waals surface area contributed by atoms with Gasteiger partial charge in [0, 0.05) is 11.1 Å². The Hall–Kier alpha value is -2.55. The molecule has 3 heteroatoms. The second-order valence-corrected chi connectivity index (χ2v) is 6.40. The van der Waals surface area contributed by atoms with Crippen molar-refractivity contribution in [1.29, 1.82) is 0 Å². The highest BCUT2D eigenvalue weighted by atomic mass is 16.5. The van der Waals surface area contributed by atoms with Crippen molar-refractivity contribution in [3.8, 4) is 0 Å². The number of hydrogen-bond donors (Lipinski definition) is 0. The minimum Gasteiger partial charge on any atom is -0.482 e. The molecule has 0 radical (unpaired) electrons. The Bertz CT molecular complexity index is 815. The molecule has 0 fully saturated rings. The number of fused-ring (bicyclic) bond motifs is 1. The Morgan fingerprint density at radius 3 is 2.33 bits per heavy atom. The molecule has 0 unspecified atom stereocenters. The third kappa shape index (κ3) is 2.71. The molecule has 0 N–H and O–H groups in total. The van der Waals surface area contributed by atoms with E-state index in [2.05, 4.69) is 0 Å². The molecule has 0 spiro atoms. The van der Waals surface area contributed by atoms with Crippen molar-refractivity contribution in [3.63, 3.8) is 0 Å². The Labute approximate surface area is 142 Å². The average Bonchev–Trinajstić information content (AvgIpc) is 2.55. The second kappa shape index (κ2) is 6.16. The SMILES string of the molecule is CCOC(=O)C1=C(c2ccccc2C)OC(C)(C)c2ccccc21. The van der Waals surface area contributed by atoms with Crippen LogP contribution in [0.3, 0.4) is 0 Å². The van der Waals surface area contributed by atoms with Crippen LogP contribution in [0.15, 0.2) is 48.5 Å². The monoisotopic (exact) mass is 322 g/mol. The van der Waals surface area contributed by atoms with Gasteiger partial charge in [0.2, 0.25) is 0 Å². The molecular weight excluding hydrogens is 300 g/mol. The standard InChI is InChI=1S/C21H22O3/c1-5-23-20(22)18-16-12-8-9-13-17(16)21(3,4)24-19(18)15-11-7-6-10-14(15)2/h6-13H,5H2,1-4H3. The van der Waals surface area contributed by atoms with Gasteiger partial charge in [0.05, 0.1) is 6.61 Å². The zero-order valence-corrected chi connectivity index (χ0v) is 14.6. The molecule has 0 aliphatic carbocycles. The molecule has 0 aromatic heterocycles. The molecule has 2 aromatic rings. The summed E-state index contributed by atoms with van der Waals surface area (Å²) >= 11 is 0. The first kappa shape index (κ1) is 16.3. The molecule has 0 atom stereocenters. The highest BCUT2D eigenvalue weighted by molar-refractivity contribution is 6.24. The van der Waals surface area contributed by atoms with E-state index < -0.39 is 5.60 Å². The van der Waals surface area contributed by atoms with Crippen molar-refractivity contribution in [2.45, 2.75) is 33.3 Å². The molecule has 3 rings (SSSR count). The third-order valence-electron chi connectivity index (χ3n) is 4.30. The Balaban J connectivity index is 2.31. The van der Waals surface area contributed by atoms with Crippen LogP contribution >= 0.6 is 0 Å². The van der Waals surface area contributed by atoms with E-state index in [0.717, 1.165) is 22.3 Å². The fourth-order valence-corrected chi connectivity index (χ4v) is 3.13. The van der Waals surface area contributed by atoms with Crippen LogP contribution in [-0.2, 0) is 19.9 Å². The quantitative estimate of drug-likeness (QED) is 0.769. The number of esters is 1. The van der Waals surface area contributed by atoms with Crippen LogP contribution in [0.5, 0.6) is 0 Å². The number of aryl methyl sites for hydroxylation is 1. The first-order valence-electron chi connectivity index (χ1n) is 8.22. The van der Waals surface area contributed by atoms with Crippen LogP contribution in [0.25, 0.3) is 11.3 Å². The van der Waals surface area contributed by atoms with Crippen molar-refractivity contribution < 1.29 is 14.3 Å². The van der Waals surface area contributed by atoms with Crippen molar-refractivity contribution >= 4 is 17.3 Å². The highest BCUT2D eigenvalue weighted by Crippen LogP contribution is 2.44. The molecule has 0 bridgehead atoms. The largest absolute Gasteiger partial charge is 0.482 e. The van der Waals surface area contributed by atoms with Crippen LogP contribution in [0, 0.1) is 6.92 Å². The first-order valence-corrected chi connectivity index (χ1v) is 8.22. The van der Waals surface area contributed by atoms with Crippen molar-refractivity contribution in [1.82, 2.24) is 0 Å². The second-order valence-electron chi connectivity index (χ2n) is 6.40. The summed E-state index contributed by atoms with van der Waals surface area (Å²) in [6.07, 6.45) is 0. The first-order chi connectivity index (χ1) is 11.5. The Morgan fingerprint density at radius 2 is 1.67 bits per heavy atom. The van der Waals surface area contributed by atoms with E-state index >= 15 is 0 Å². The fraction of sp³-hybridized carbons (Fsp3) is 0.286. The summed E-state index contributed by atoms with van der Waals surface area (Å²) in [5, 5.41) is 0. The van der Waals surface area contributed by atoms with Gasteiger partial charge in [-0.1, -0.05) is 48.5 Å². The summed E-state index contributed by atoms with van der Waals surface area (Å²) in [6, 6.07) is 15.8. The summed E-state index contributed by atoms with van der Waals surface area (Å²) in [5.41, 5.74) is 3.83. The lowest BCUT2D eigenvalue weighted by atomic mass is 9.84. The number of hydrogen-bond acceptors (Lipinski definition) is 3. The highest BCUT2D eigenvalue weighted by Gasteiger charge is 2.37. The molecule has 1 aliphatic heterocycles. The van der Waals surface area contributed by atoms with Crippen LogP contribution in [0.2, 0.25) is 0 Å². The van der Waals surface area contributed by atoms with Crippen LogP contribution in [0.4, 0.5) is 0 Å². The number of ether oxygens (including phenoxy) is 2. The van der Waals surface area contributed by atoms with Gasteiger partial charge in [-0.25, -0.2) is 4.79 Å². The van der Waals surface area contributed by atoms with Crippen LogP contribution < -0.4 is 0 Å². The molecule has 3 nitrogen and oxygen atoms in total. The predicted octanol–water partition coefficient (Wildman–Crippen LogP) is 4.69. The van der Waals surface area contributed by atoms with E-state index in [4.69, 9.17) is 9.47 Å². The van der Waals surface area contributed by atoms with Crippen molar-refractivity contribution in [2.75, 3.05) is 6.61 Å². The van der Waals surface area contributed by atoms with E-state index in [0.29, 0.717) is 17.9 Å². The molecule has 1 aliphatic rings. The van der Waals surface area contributed by atoms with Gasteiger partial charge >= 0.3 is 5.97 Å². The predicted molar refractivity (Wildman–Crippen MR) is 95.2 cm³/mol. The summed E-state index contributed by atoms with van der Waals surface area (Å²) in [7, 11) is 0. The maximum atomic E-state index is 12.7. The molecule has 0 saturated carbocycles. The minimum atomic E-state index is -0.524. The van der Waals surface area contributed by atoms with Gasteiger partial charge in [-0.3, -0.25) is 0 Å². The molecule has 2 aromatic carbocycles. The lowest BCUT2D eigenvalue weighted by Gasteiger charge is -2.36. The maximum Gasteiger partial charge on any atom is 0.342 e. The maximum absolute atomic E-state index is 12.7. The Kier molecular flexibility index (Phi) is 4.18. The van der Waals surface area contributed by atoms with Gasteiger partial charge in [-0.2, -0.15) is 0 Å².